The number of aliphatic hydroxyl groups is 1. The van der Waals surface area contributed by atoms with E-state index in [1.807, 2.05) is 0 Å². The van der Waals surface area contributed by atoms with Crippen LogP contribution in [0.3, 0.4) is 0 Å². The van der Waals surface area contributed by atoms with Crippen LogP contribution in [0.4, 0.5) is 18.9 Å². The Morgan fingerprint density at radius 3 is 2.58 bits per heavy atom. The highest BCUT2D eigenvalue weighted by molar-refractivity contribution is 9.10. The summed E-state index contributed by atoms with van der Waals surface area (Å²) < 4.78 is 37.9. The van der Waals surface area contributed by atoms with E-state index in [0.29, 0.717) is 12.8 Å². The highest BCUT2D eigenvalue weighted by Gasteiger charge is 2.33. The fraction of sp³-hybridized carbons (Fsp3) is 0.417. The van der Waals surface area contributed by atoms with Crippen LogP contribution in [0.1, 0.15) is 24.8 Å². The number of hydrogen-bond acceptors (Lipinski definition) is 2. The maximum Gasteiger partial charge on any atom is 0.417 e. The van der Waals surface area contributed by atoms with Crippen LogP contribution < -0.4 is 5.32 Å². The summed E-state index contributed by atoms with van der Waals surface area (Å²) in [7, 11) is 0. The number of benzene rings is 1. The molecule has 0 saturated heterocycles. The lowest BCUT2D eigenvalue weighted by atomic mass is 10.2. The highest BCUT2D eigenvalue weighted by Crippen LogP contribution is 2.36. The lowest BCUT2D eigenvalue weighted by Gasteiger charge is -2.12. The smallest absolute Gasteiger partial charge is 0.396 e. The van der Waals surface area contributed by atoms with Crippen LogP contribution in [0.5, 0.6) is 0 Å². The first-order chi connectivity index (χ1) is 8.84. The van der Waals surface area contributed by atoms with Gasteiger partial charge in [-0.2, -0.15) is 13.2 Å². The second kappa shape index (κ2) is 6.91. The molecule has 7 heteroatoms. The fourth-order valence-corrected chi connectivity index (χ4v) is 1.91. The lowest BCUT2D eigenvalue weighted by molar-refractivity contribution is -0.138. The van der Waals surface area contributed by atoms with Crippen molar-refractivity contribution in [2.24, 2.45) is 0 Å². The number of rotatable bonds is 5. The zero-order valence-corrected chi connectivity index (χ0v) is 11.5. The van der Waals surface area contributed by atoms with Gasteiger partial charge in [0.25, 0.3) is 0 Å². The molecule has 3 nitrogen and oxygen atoms in total. The van der Waals surface area contributed by atoms with Crippen molar-refractivity contribution in [3.8, 4) is 0 Å². The molecule has 1 aromatic carbocycles. The fourth-order valence-electron chi connectivity index (χ4n) is 1.44. The van der Waals surface area contributed by atoms with Gasteiger partial charge >= 0.3 is 6.18 Å². The topological polar surface area (TPSA) is 49.3 Å². The number of unbranched alkanes of at least 4 members (excludes halogenated alkanes) is 1. The van der Waals surface area contributed by atoms with E-state index >= 15 is 0 Å². The molecular formula is C12H13BrF3NO2. The van der Waals surface area contributed by atoms with Gasteiger partial charge in [-0.3, -0.25) is 4.79 Å². The highest BCUT2D eigenvalue weighted by atomic mass is 79.9. The first-order valence-corrected chi connectivity index (χ1v) is 6.41. The van der Waals surface area contributed by atoms with E-state index in [1.165, 1.54) is 12.1 Å². The molecular weight excluding hydrogens is 327 g/mol. The number of anilines is 1. The number of carbonyl (C=O) groups excluding carboxylic acids is 1. The van der Waals surface area contributed by atoms with Crippen LogP contribution in [-0.4, -0.2) is 17.6 Å². The van der Waals surface area contributed by atoms with Gasteiger partial charge in [-0.15, -0.1) is 0 Å². The van der Waals surface area contributed by atoms with Crippen LogP contribution in [0, 0.1) is 0 Å². The predicted molar refractivity (Wildman–Crippen MR) is 68.7 cm³/mol. The Balaban J connectivity index is 2.72. The molecule has 1 rings (SSSR count). The van der Waals surface area contributed by atoms with Crippen molar-refractivity contribution >= 4 is 27.5 Å². The van der Waals surface area contributed by atoms with Crippen LogP contribution >= 0.6 is 15.9 Å². The molecule has 0 aliphatic rings. The minimum absolute atomic E-state index is 0.0101. The summed E-state index contributed by atoms with van der Waals surface area (Å²) in [6, 6.07) is 3.52. The van der Waals surface area contributed by atoms with Gasteiger partial charge in [0.2, 0.25) is 5.91 Å². The molecule has 0 aromatic heterocycles. The third-order valence-corrected chi connectivity index (χ3v) is 3.06. The standard InChI is InChI=1S/C12H13BrF3NO2/c13-10-5-4-8(7-9(10)12(14,15)16)17-11(19)3-1-2-6-18/h4-5,7,18H,1-3,6H2,(H,17,19). The molecule has 0 bridgehead atoms. The Kier molecular flexibility index (Phi) is 5.81. The van der Waals surface area contributed by atoms with E-state index in [4.69, 9.17) is 5.11 Å². The first kappa shape index (κ1) is 16.0. The Hall–Kier alpha value is -1.08. The summed E-state index contributed by atoms with van der Waals surface area (Å²) in [6.07, 6.45) is -3.33. The number of carbonyl (C=O) groups is 1. The number of amides is 1. The van der Waals surface area contributed by atoms with Gasteiger partial charge in [-0.05, 0) is 31.0 Å². The van der Waals surface area contributed by atoms with Crippen LogP contribution in [0.15, 0.2) is 22.7 Å². The monoisotopic (exact) mass is 339 g/mol. The first-order valence-electron chi connectivity index (χ1n) is 5.62. The van der Waals surface area contributed by atoms with Gasteiger partial charge in [0, 0.05) is 23.2 Å². The van der Waals surface area contributed by atoms with Crippen molar-refractivity contribution < 1.29 is 23.1 Å². The van der Waals surface area contributed by atoms with Gasteiger partial charge in [0.15, 0.2) is 0 Å². The third kappa shape index (κ3) is 5.20. The van der Waals surface area contributed by atoms with E-state index in [0.717, 1.165) is 6.07 Å². The number of halogens is 4. The molecule has 2 N–H and O–H groups in total. The molecule has 19 heavy (non-hydrogen) atoms. The number of alkyl halides is 3. The summed E-state index contributed by atoms with van der Waals surface area (Å²) in [5.74, 6) is -0.371. The zero-order valence-electron chi connectivity index (χ0n) is 9.93. The summed E-state index contributed by atoms with van der Waals surface area (Å²) >= 11 is 2.82. The minimum Gasteiger partial charge on any atom is -0.396 e. The number of hydrogen-bond donors (Lipinski definition) is 2. The van der Waals surface area contributed by atoms with Gasteiger partial charge in [-0.25, -0.2) is 0 Å². The van der Waals surface area contributed by atoms with Gasteiger partial charge < -0.3 is 10.4 Å². The number of nitrogens with one attached hydrogen (secondary N) is 1. The number of aliphatic hydroxyl groups excluding tert-OH is 1. The molecule has 1 amide bonds. The van der Waals surface area contributed by atoms with Crippen molar-refractivity contribution in [1.82, 2.24) is 0 Å². The molecule has 0 heterocycles. The normalized spacial score (nSPS) is 11.4. The Labute approximate surface area is 116 Å². The maximum atomic E-state index is 12.6. The van der Waals surface area contributed by atoms with Crippen molar-refractivity contribution in [3.05, 3.63) is 28.2 Å². The molecule has 0 atom stereocenters. The molecule has 0 spiro atoms. The molecule has 0 saturated carbocycles. The van der Waals surface area contributed by atoms with Gasteiger partial charge in [-0.1, -0.05) is 15.9 Å². The van der Waals surface area contributed by atoms with Crippen molar-refractivity contribution in [3.63, 3.8) is 0 Å². The quantitative estimate of drug-likeness (QED) is 0.805. The second-order valence-electron chi connectivity index (χ2n) is 3.92. The molecule has 0 aliphatic carbocycles. The maximum absolute atomic E-state index is 12.6. The lowest BCUT2D eigenvalue weighted by Crippen LogP contribution is -2.13. The van der Waals surface area contributed by atoms with Crippen LogP contribution in [-0.2, 0) is 11.0 Å². The van der Waals surface area contributed by atoms with Gasteiger partial charge in [0.1, 0.15) is 0 Å². The van der Waals surface area contributed by atoms with E-state index in [-0.39, 0.29) is 29.1 Å². The molecule has 0 aliphatic heterocycles. The summed E-state index contributed by atoms with van der Waals surface area (Å²) in [5, 5.41) is 11.0. The summed E-state index contributed by atoms with van der Waals surface area (Å²) in [4.78, 5) is 11.4. The van der Waals surface area contributed by atoms with Gasteiger partial charge in [0.05, 0.1) is 5.56 Å². The molecule has 0 fully saturated rings. The summed E-state index contributed by atoms with van der Waals surface area (Å²) in [6.45, 7) is -0.0101. The molecule has 0 radical (unpaired) electrons. The molecule has 0 unspecified atom stereocenters. The zero-order chi connectivity index (χ0) is 14.5. The van der Waals surface area contributed by atoms with Crippen LogP contribution in [0.25, 0.3) is 0 Å². The SMILES string of the molecule is O=C(CCCCO)Nc1ccc(Br)c(C(F)(F)F)c1. The Morgan fingerprint density at radius 2 is 2.00 bits per heavy atom. The van der Waals surface area contributed by atoms with E-state index in [9.17, 15) is 18.0 Å². The summed E-state index contributed by atoms with van der Waals surface area (Å²) in [5.41, 5.74) is -0.731. The molecule has 106 valence electrons. The largest absolute Gasteiger partial charge is 0.417 e. The van der Waals surface area contributed by atoms with E-state index < -0.39 is 11.7 Å². The predicted octanol–water partition coefficient (Wildman–Crippen LogP) is 3.57. The minimum atomic E-state index is -4.48. The van der Waals surface area contributed by atoms with Crippen molar-refractivity contribution in [2.45, 2.75) is 25.4 Å². The van der Waals surface area contributed by atoms with E-state index in [2.05, 4.69) is 21.2 Å². The Morgan fingerprint density at radius 1 is 1.32 bits per heavy atom. The molecule has 1 aromatic rings. The third-order valence-electron chi connectivity index (χ3n) is 2.37. The van der Waals surface area contributed by atoms with Crippen LogP contribution in [0.2, 0.25) is 0 Å². The van der Waals surface area contributed by atoms with E-state index in [1.54, 1.807) is 0 Å². The average Bonchev–Trinajstić information content (AvgIpc) is 2.30. The second-order valence-corrected chi connectivity index (χ2v) is 4.78. The van der Waals surface area contributed by atoms with Crippen molar-refractivity contribution in [2.75, 3.05) is 11.9 Å². The Bertz CT molecular complexity index is 449. The average molecular weight is 340 g/mol. The van der Waals surface area contributed by atoms with Crippen molar-refractivity contribution in [1.29, 1.82) is 0 Å².